The fraction of sp³-hybridized carbons (Fsp3) is 0.500. The Balaban J connectivity index is 1.83. The third-order valence-electron chi connectivity index (χ3n) is 4.22. The van der Waals surface area contributed by atoms with Crippen LogP contribution in [-0.4, -0.2) is 35.7 Å². The van der Waals surface area contributed by atoms with E-state index in [9.17, 15) is 5.11 Å². The van der Waals surface area contributed by atoms with Crippen molar-refractivity contribution < 1.29 is 5.11 Å². The number of rotatable bonds is 2. The molecule has 1 unspecified atom stereocenters. The number of fused-ring (bicyclic) bond motifs is 1. The van der Waals surface area contributed by atoms with Gasteiger partial charge in [-0.25, -0.2) is 0 Å². The zero-order valence-electron chi connectivity index (χ0n) is 11.4. The Bertz CT molecular complexity index is 565. The van der Waals surface area contributed by atoms with Crippen molar-refractivity contribution in [3.05, 3.63) is 35.2 Å². The number of hydrogen-bond acceptors (Lipinski definition) is 3. The summed E-state index contributed by atoms with van der Waals surface area (Å²) in [5, 5.41) is 14.4. The lowest BCUT2D eigenvalue weighted by Crippen LogP contribution is -2.32. The molecule has 3 heteroatoms. The molecule has 1 atom stereocenters. The first kappa shape index (κ1) is 13.1. The molecule has 1 aromatic carbocycles. The van der Waals surface area contributed by atoms with E-state index in [2.05, 4.69) is 41.6 Å². The predicted molar refractivity (Wildman–Crippen MR) is 81.8 cm³/mol. The first-order valence-corrected chi connectivity index (χ1v) is 7.90. The predicted octanol–water partition coefficient (Wildman–Crippen LogP) is 3.29. The van der Waals surface area contributed by atoms with Crippen molar-refractivity contribution in [2.24, 2.45) is 0 Å². The Hall–Kier alpha value is -0.900. The molecule has 2 nitrogen and oxygen atoms in total. The molecule has 0 saturated carbocycles. The number of aliphatic hydroxyl groups is 1. The number of nitrogens with zero attached hydrogens (tertiary/aromatic N) is 1. The van der Waals surface area contributed by atoms with Crippen molar-refractivity contribution in [1.29, 1.82) is 0 Å². The maximum Gasteiger partial charge on any atom is 0.0701 e. The molecule has 0 aliphatic carbocycles. The fourth-order valence-corrected chi connectivity index (χ4v) is 3.98. The molecular formula is C16H21NOS. The van der Waals surface area contributed by atoms with Gasteiger partial charge in [-0.15, -0.1) is 11.3 Å². The normalized spacial score (nSPS) is 25.6. The zero-order chi connectivity index (χ0) is 13.3. The van der Waals surface area contributed by atoms with Crippen LogP contribution in [0.15, 0.2) is 29.6 Å². The van der Waals surface area contributed by atoms with Crippen LogP contribution in [0.5, 0.6) is 0 Å². The van der Waals surface area contributed by atoms with Gasteiger partial charge in [-0.1, -0.05) is 18.2 Å². The Morgan fingerprint density at radius 1 is 1.26 bits per heavy atom. The summed E-state index contributed by atoms with van der Waals surface area (Å²) in [5.74, 6) is 0. The lowest BCUT2D eigenvalue weighted by molar-refractivity contribution is 0.0267. The van der Waals surface area contributed by atoms with E-state index in [0.717, 1.165) is 38.8 Å². The number of likely N-dealkylation sites (tertiary alicyclic amines) is 1. The molecule has 1 aliphatic rings. The topological polar surface area (TPSA) is 23.5 Å². The Morgan fingerprint density at radius 3 is 3.00 bits per heavy atom. The van der Waals surface area contributed by atoms with Gasteiger partial charge in [-0.3, -0.25) is 0 Å². The highest BCUT2D eigenvalue weighted by Gasteiger charge is 2.30. The molecule has 1 aliphatic heterocycles. The molecule has 0 bridgehead atoms. The number of thiophene rings is 1. The average molecular weight is 275 g/mol. The SMILES string of the molecule is CN1CCCC(O)(Cc2csc3ccccc23)CC1. The highest BCUT2D eigenvalue weighted by Crippen LogP contribution is 2.32. The molecule has 19 heavy (non-hydrogen) atoms. The van der Waals surface area contributed by atoms with Gasteiger partial charge in [0.25, 0.3) is 0 Å². The minimum atomic E-state index is -0.519. The molecule has 0 spiro atoms. The minimum Gasteiger partial charge on any atom is -0.389 e. The van der Waals surface area contributed by atoms with E-state index in [1.165, 1.54) is 15.6 Å². The average Bonchev–Trinajstić information content (AvgIpc) is 2.72. The molecule has 1 fully saturated rings. The van der Waals surface area contributed by atoms with Crippen molar-refractivity contribution in [2.75, 3.05) is 20.1 Å². The Morgan fingerprint density at radius 2 is 2.11 bits per heavy atom. The van der Waals surface area contributed by atoms with E-state index in [4.69, 9.17) is 0 Å². The summed E-state index contributed by atoms with van der Waals surface area (Å²) < 4.78 is 1.33. The van der Waals surface area contributed by atoms with Crippen molar-refractivity contribution in [3.63, 3.8) is 0 Å². The van der Waals surface area contributed by atoms with Crippen molar-refractivity contribution >= 4 is 21.4 Å². The third kappa shape index (κ3) is 2.83. The van der Waals surface area contributed by atoms with Gasteiger partial charge in [0.1, 0.15) is 0 Å². The van der Waals surface area contributed by atoms with E-state index < -0.39 is 5.60 Å². The van der Waals surface area contributed by atoms with Crippen LogP contribution >= 0.6 is 11.3 Å². The van der Waals surface area contributed by atoms with Crippen LogP contribution in [-0.2, 0) is 6.42 Å². The minimum absolute atomic E-state index is 0.519. The Labute approximate surface area is 118 Å². The summed E-state index contributed by atoms with van der Waals surface area (Å²) in [6.07, 6.45) is 3.69. The molecule has 1 saturated heterocycles. The summed E-state index contributed by atoms with van der Waals surface area (Å²) in [4.78, 5) is 2.32. The van der Waals surface area contributed by atoms with E-state index >= 15 is 0 Å². The van der Waals surface area contributed by atoms with Gasteiger partial charge >= 0.3 is 0 Å². The van der Waals surface area contributed by atoms with Crippen LogP contribution in [0.2, 0.25) is 0 Å². The van der Waals surface area contributed by atoms with Crippen LogP contribution < -0.4 is 0 Å². The fourth-order valence-electron chi connectivity index (χ4n) is 3.01. The second-order valence-corrected chi connectivity index (χ2v) is 6.73. The molecule has 2 aromatic rings. The van der Waals surface area contributed by atoms with Gasteiger partial charge in [-0.05, 0) is 55.3 Å². The number of hydrogen-bond donors (Lipinski definition) is 1. The summed E-state index contributed by atoms with van der Waals surface area (Å²) in [6.45, 7) is 2.10. The second-order valence-electron chi connectivity index (χ2n) is 5.82. The van der Waals surface area contributed by atoms with Crippen molar-refractivity contribution in [2.45, 2.75) is 31.3 Å². The monoisotopic (exact) mass is 275 g/mol. The summed E-state index contributed by atoms with van der Waals surface area (Å²) in [5.41, 5.74) is 0.793. The first-order valence-electron chi connectivity index (χ1n) is 7.02. The number of benzene rings is 1. The maximum absolute atomic E-state index is 10.9. The van der Waals surface area contributed by atoms with Gasteiger partial charge in [0.2, 0.25) is 0 Å². The van der Waals surface area contributed by atoms with E-state index in [1.807, 2.05) is 0 Å². The van der Waals surface area contributed by atoms with E-state index in [0.29, 0.717) is 0 Å². The molecule has 0 radical (unpaired) electrons. The van der Waals surface area contributed by atoms with Crippen LogP contribution in [0.4, 0.5) is 0 Å². The molecule has 102 valence electrons. The quantitative estimate of drug-likeness (QED) is 0.909. The third-order valence-corrected chi connectivity index (χ3v) is 5.23. The second kappa shape index (κ2) is 5.23. The molecule has 1 N–H and O–H groups in total. The first-order chi connectivity index (χ1) is 9.16. The Kier molecular flexibility index (Phi) is 3.61. The van der Waals surface area contributed by atoms with Crippen LogP contribution in [0, 0.1) is 0 Å². The van der Waals surface area contributed by atoms with Crippen LogP contribution in [0.25, 0.3) is 10.1 Å². The zero-order valence-corrected chi connectivity index (χ0v) is 12.2. The smallest absolute Gasteiger partial charge is 0.0701 e. The van der Waals surface area contributed by atoms with Crippen molar-refractivity contribution in [3.8, 4) is 0 Å². The van der Waals surface area contributed by atoms with Gasteiger partial charge in [0.05, 0.1) is 5.60 Å². The summed E-state index contributed by atoms with van der Waals surface area (Å²) >= 11 is 1.79. The maximum atomic E-state index is 10.9. The highest BCUT2D eigenvalue weighted by molar-refractivity contribution is 7.17. The summed E-state index contributed by atoms with van der Waals surface area (Å²) in [6, 6.07) is 8.50. The molecule has 3 rings (SSSR count). The lowest BCUT2D eigenvalue weighted by Gasteiger charge is -2.26. The van der Waals surface area contributed by atoms with Gasteiger partial charge < -0.3 is 10.0 Å². The van der Waals surface area contributed by atoms with Gasteiger partial charge in [0, 0.05) is 17.7 Å². The van der Waals surface area contributed by atoms with E-state index in [1.54, 1.807) is 11.3 Å². The lowest BCUT2D eigenvalue weighted by atomic mass is 9.87. The molecule has 2 heterocycles. The largest absolute Gasteiger partial charge is 0.389 e. The molecular weight excluding hydrogens is 254 g/mol. The molecule has 1 aromatic heterocycles. The summed E-state index contributed by atoms with van der Waals surface area (Å²) in [7, 11) is 2.14. The molecule has 0 amide bonds. The van der Waals surface area contributed by atoms with Gasteiger partial charge in [-0.2, -0.15) is 0 Å². The highest BCUT2D eigenvalue weighted by atomic mass is 32.1. The van der Waals surface area contributed by atoms with Crippen LogP contribution in [0.3, 0.4) is 0 Å². The van der Waals surface area contributed by atoms with Crippen LogP contribution in [0.1, 0.15) is 24.8 Å². The van der Waals surface area contributed by atoms with Crippen molar-refractivity contribution in [1.82, 2.24) is 4.90 Å². The van der Waals surface area contributed by atoms with E-state index in [-0.39, 0.29) is 0 Å². The van der Waals surface area contributed by atoms with Gasteiger partial charge in [0.15, 0.2) is 0 Å². The standard InChI is InChI=1S/C16H21NOS/c1-17-9-4-7-16(18,8-10-17)11-13-12-19-15-6-3-2-5-14(13)15/h2-3,5-6,12,18H,4,7-11H2,1H3.